The summed E-state index contributed by atoms with van der Waals surface area (Å²) in [5.41, 5.74) is 1.08. The molecule has 2 aliphatic rings. The van der Waals surface area contributed by atoms with E-state index in [-0.39, 0.29) is 30.4 Å². The minimum absolute atomic E-state index is 0.0115. The molecular formula is C15H22N4O2S. The molecule has 0 spiro atoms. The first-order valence-electron chi connectivity index (χ1n) is 7.60. The monoisotopic (exact) mass is 322 g/mol. The molecule has 0 radical (unpaired) electrons. The minimum Gasteiger partial charge on any atom is -0.347 e. The average Bonchev–Trinajstić information content (AvgIpc) is 3.11. The maximum absolute atomic E-state index is 12.3. The first-order valence-corrected chi connectivity index (χ1v) is 8.48. The molecule has 6 nitrogen and oxygen atoms in total. The van der Waals surface area contributed by atoms with Crippen molar-refractivity contribution in [3.8, 4) is 0 Å². The van der Waals surface area contributed by atoms with Crippen molar-refractivity contribution in [2.24, 2.45) is 0 Å². The average molecular weight is 322 g/mol. The molecule has 0 aliphatic carbocycles. The number of aryl methyl sites for hydroxylation is 1. The summed E-state index contributed by atoms with van der Waals surface area (Å²) in [5, 5.41) is 3.17. The van der Waals surface area contributed by atoms with Gasteiger partial charge in [0, 0.05) is 51.1 Å². The number of hydrogen-bond acceptors (Lipinski definition) is 5. The molecule has 0 aromatic carbocycles. The van der Waals surface area contributed by atoms with Crippen molar-refractivity contribution in [2.75, 3.05) is 27.2 Å². The van der Waals surface area contributed by atoms with Crippen LogP contribution in [0.3, 0.4) is 0 Å². The van der Waals surface area contributed by atoms with Gasteiger partial charge in [0.25, 0.3) is 0 Å². The number of thiazole rings is 1. The Balaban J connectivity index is 1.67. The van der Waals surface area contributed by atoms with Crippen molar-refractivity contribution < 1.29 is 9.59 Å². The summed E-state index contributed by atoms with van der Waals surface area (Å²) >= 11 is 1.66. The van der Waals surface area contributed by atoms with E-state index in [4.69, 9.17) is 0 Å². The summed E-state index contributed by atoms with van der Waals surface area (Å²) in [7, 11) is 3.46. The SMILES string of the molecule is Cc1nc(CN2CCC3C2CC(=O)N3CC(=O)N(C)C)cs1. The summed E-state index contributed by atoms with van der Waals surface area (Å²) in [4.78, 5) is 34.4. The molecule has 1 aromatic rings. The fourth-order valence-corrected chi connectivity index (χ4v) is 3.99. The number of hydrogen-bond donors (Lipinski definition) is 0. The molecule has 2 atom stereocenters. The molecule has 0 N–H and O–H groups in total. The lowest BCUT2D eigenvalue weighted by molar-refractivity contribution is -0.138. The summed E-state index contributed by atoms with van der Waals surface area (Å²) in [6, 6.07) is 0.403. The first-order chi connectivity index (χ1) is 10.5. The highest BCUT2D eigenvalue weighted by Crippen LogP contribution is 2.33. The van der Waals surface area contributed by atoms with Crippen molar-refractivity contribution in [3.05, 3.63) is 16.1 Å². The zero-order valence-corrected chi connectivity index (χ0v) is 14.1. The van der Waals surface area contributed by atoms with Gasteiger partial charge in [-0.2, -0.15) is 0 Å². The lowest BCUT2D eigenvalue weighted by Crippen LogP contribution is -2.43. The predicted octanol–water partition coefficient (Wildman–Crippen LogP) is 0.715. The first kappa shape index (κ1) is 15.4. The van der Waals surface area contributed by atoms with Crippen LogP contribution < -0.4 is 0 Å². The molecule has 2 amide bonds. The molecule has 2 saturated heterocycles. The fourth-order valence-electron chi connectivity index (χ4n) is 3.39. The highest BCUT2D eigenvalue weighted by atomic mass is 32.1. The van der Waals surface area contributed by atoms with E-state index in [9.17, 15) is 9.59 Å². The van der Waals surface area contributed by atoms with Crippen molar-refractivity contribution in [2.45, 2.75) is 38.4 Å². The van der Waals surface area contributed by atoms with E-state index in [1.807, 2.05) is 6.92 Å². The van der Waals surface area contributed by atoms with Crippen LogP contribution in [0.2, 0.25) is 0 Å². The Hall–Kier alpha value is -1.47. The second-order valence-electron chi connectivity index (χ2n) is 6.27. The van der Waals surface area contributed by atoms with E-state index in [2.05, 4.69) is 15.3 Å². The van der Waals surface area contributed by atoms with Crippen molar-refractivity contribution in [1.29, 1.82) is 0 Å². The van der Waals surface area contributed by atoms with Crippen molar-refractivity contribution >= 4 is 23.2 Å². The highest BCUT2D eigenvalue weighted by Gasteiger charge is 2.47. The molecule has 3 heterocycles. The zero-order valence-electron chi connectivity index (χ0n) is 13.3. The maximum Gasteiger partial charge on any atom is 0.241 e. The third-order valence-corrected chi connectivity index (χ3v) is 5.39. The van der Waals surface area contributed by atoms with Crippen LogP contribution in [-0.4, -0.2) is 70.8 Å². The molecule has 22 heavy (non-hydrogen) atoms. The number of carbonyl (C=O) groups is 2. The zero-order chi connectivity index (χ0) is 15.9. The van der Waals surface area contributed by atoms with Crippen LogP contribution in [-0.2, 0) is 16.1 Å². The van der Waals surface area contributed by atoms with Gasteiger partial charge in [0.1, 0.15) is 6.54 Å². The Labute approximate surface area is 134 Å². The van der Waals surface area contributed by atoms with Gasteiger partial charge in [0.15, 0.2) is 0 Å². The van der Waals surface area contributed by atoms with E-state index in [1.165, 1.54) is 0 Å². The van der Waals surface area contributed by atoms with Gasteiger partial charge in [0.05, 0.1) is 10.7 Å². The predicted molar refractivity (Wildman–Crippen MR) is 84.5 cm³/mol. The third-order valence-electron chi connectivity index (χ3n) is 4.57. The Kier molecular flexibility index (Phi) is 4.18. The van der Waals surface area contributed by atoms with Crippen LogP contribution in [0.15, 0.2) is 5.38 Å². The Morgan fingerprint density at radius 3 is 2.86 bits per heavy atom. The number of amides is 2. The maximum atomic E-state index is 12.3. The standard InChI is InChI=1S/C15H22N4O2S/c1-10-16-11(9-22-10)7-18-5-4-12-13(18)6-14(20)19(12)8-15(21)17(2)3/h9,12-13H,4-8H2,1-3H3. The third kappa shape index (κ3) is 2.87. The lowest BCUT2D eigenvalue weighted by atomic mass is 10.1. The van der Waals surface area contributed by atoms with Crippen molar-refractivity contribution in [1.82, 2.24) is 19.7 Å². The van der Waals surface area contributed by atoms with Crippen LogP contribution in [0.4, 0.5) is 0 Å². The Morgan fingerprint density at radius 2 is 2.23 bits per heavy atom. The number of nitrogens with zero attached hydrogens (tertiary/aromatic N) is 4. The van der Waals surface area contributed by atoms with Crippen LogP contribution in [0.5, 0.6) is 0 Å². The van der Waals surface area contributed by atoms with Gasteiger partial charge in [-0.05, 0) is 13.3 Å². The normalized spacial score (nSPS) is 24.9. The van der Waals surface area contributed by atoms with Gasteiger partial charge < -0.3 is 9.80 Å². The smallest absolute Gasteiger partial charge is 0.241 e. The van der Waals surface area contributed by atoms with E-state index >= 15 is 0 Å². The fraction of sp³-hybridized carbons (Fsp3) is 0.667. The van der Waals surface area contributed by atoms with Crippen LogP contribution in [0.25, 0.3) is 0 Å². The lowest BCUT2D eigenvalue weighted by Gasteiger charge is -2.25. The summed E-state index contributed by atoms with van der Waals surface area (Å²) < 4.78 is 0. The van der Waals surface area contributed by atoms with Gasteiger partial charge >= 0.3 is 0 Å². The number of likely N-dealkylation sites (N-methyl/N-ethyl adjacent to an activating group) is 1. The van der Waals surface area contributed by atoms with Crippen LogP contribution >= 0.6 is 11.3 Å². The second-order valence-corrected chi connectivity index (χ2v) is 7.33. The van der Waals surface area contributed by atoms with Gasteiger partial charge in [0.2, 0.25) is 11.8 Å². The largest absolute Gasteiger partial charge is 0.347 e. The Morgan fingerprint density at radius 1 is 1.45 bits per heavy atom. The number of rotatable bonds is 4. The molecule has 3 rings (SSSR count). The molecule has 2 aliphatic heterocycles. The molecular weight excluding hydrogens is 300 g/mol. The van der Waals surface area contributed by atoms with Crippen LogP contribution in [0, 0.1) is 6.92 Å². The molecule has 0 bridgehead atoms. The topological polar surface area (TPSA) is 56.8 Å². The summed E-state index contributed by atoms with van der Waals surface area (Å²) in [6.45, 7) is 3.98. The molecule has 0 saturated carbocycles. The number of likely N-dealkylation sites (tertiary alicyclic amines) is 2. The van der Waals surface area contributed by atoms with Gasteiger partial charge in [-0.1, -0.05) is 0 Å². The van der Waals surface area contributed by atoms with Crippen molar-refractivity contribution in [3.63, 3.8) is 0 Å². The van der Waals surface area contributed by atoms with Gasteiger partial charge in [-0.25, -0.2) is 4.98 Å². The van der Waals surface area contributed by atoms with E-state index in [0.717, 1.165) is 30.2 Å². The summed E-state index contributed by atoms with van der Waals surface area (Å²) in [5.74, 6) is 0.0898. The molecule has 120 valence electrons. The molecule has 2 unspecified atom stereocenters. The number of aromatic nitrogens is 1. The summed E-state index contributed by atoms with van der Waals surface area (Å²) in [6.07, 6.45) is 1.47. The van der Waals surface area contributed by atoms with Gasteiger partial charge in [-0.3, -0.25) is 14.5 Å². The number of fused-ring (bicyclic) bond motifs is 1. The second kappa shape index (κ2) is 5.96. The Bertz CT molecular complexity index is 586. The van der Waals surface area contributed by atoms with Crippen LogP contribution in [0.1, 0.15) is 23.5 Å². The van der Waals surface area contributed by atoms with E-state index in [0.29, 0.717) is 6.42 Å². The van der Waals surface area contributed by atoms with E-state index < -0.39 is 0 Å². The quantitative estimate of drug-likeness (QED) is 0.819. The molecule has 1 aromatic heterocycles. The van der Waals surface area contributed by atoms with E-state index in [1.54, 1.807) is 35.2 Å². The highest BCUT2D eigenvalue weighted by molar-refractivity contribution is 7.09. The number of carbonyl (C=O) groups excluding carboxylic acids is 2. The molecule has 7 heteroatoms. The molecule has 2 fully saturated rings. The van der Waals surface area contributed by atoms with Gasteiger partial charge in [-0.15, -0.1) is 11.3 Å². The minimum atomic E-state index is -0.0115.